The number of aromatic hydroxyl groups is 1. The number of carboxylic acids is 2. The van der Waals surface area contributed by atoms with Gasteiger partial charge in [-0.05, 0) is 100 Å². The Bertz CT molecular complexity index is 3230. The molecule has 0 aliphatic rings. The lowest BCUT2D eigenvalue weighted by Crippen LogP contribution is -2.63. The van der Waals surface area contributed by atoms with E-state index in [0.29, 0.717) is 31.2 Å². The van der Waals surface area contributed by atoms with Crippen molar-refractivity contribution in [2.75, 3.05) is 38.5 Å². The summed E-state index contributed by atoms with van der Waals surface area (Å²) >= 11 is 3.93. The first-order valence-corrected chi connectivity index (χ1v) is 34.3. The van der Waals surface area contributed by atoms with Gasteiger partial charge in [-0.1, -0.05) is 53.7 Å². The van der Waals surface area contributed by atoms with Crippen LogP contribution in [0.3, 0.4) is 0 Å². The number of nitrogens with two attached hydrogens (primary N) is 4. The predicted molar refractivity (Wildman–Crippen MR) is 375 cm³/mol. The maximum absolute atomic E-state index is 14.5. The molecule has 0 aliphatic heterocycles. The van der Waals surface area contributed by atoms with Crippen molar-refractivity contribution in [3.05, 3.63) is 48.0 Å². The molecule has 580 valence electrons. The third-order valence-electron chi connectivity index (χ3n) is 15.6. The van der Waals surface area contributed by atoms with E-state index in [4.69, 9.17) is 22.9 Å². The Morgan fingerprint density at radius 3 is 1.39 bits per heavy atom. The minimum Gasteiger partial charge on any atom is -0.508 e. The average molecular weight is 1490 g/mol. The molecule has 2 rings (SSSR count). The Labute approximate surface area is 605 Å². The number of carboxylic acid groups (broad SMARTS) is 2. The zero-order chi connectivity index (χ0) is 78.5. The molecule has 0 bridgehead atoms. The van der Waals surface area contributed by atoms with E-state index in [1.165, 1.54) is 64.5 Å². The molecule has 40 heteroatoms. The zero-order valence-corrected chi connectivity index (χ0v) is 60.1. The van der Waals surface area contributed by atoms with Crippen molar-refractivity contribution in [3.63, 3.8) is 0 Å². The molecule has 12 atom stereocenters. The number of primary amides is 1. The maximum Gasteiger partial charge on any atom is 0.327 e. The molecule has 26 N–H and O–H groups in total. The fourth-order valence-electron chi connectivity index (χ4n) is 9.91. The average Bonchev–Trinajstić information content (AvgIpc) is 0.878. The zero-order valence-electron chi connectivity index (χ0n) is 59.2. The Morgan fingerprint density at radius 2 is 0.913 bits per heavy atom. The number of unbranched alkanes of at least 4 members (excludes halogenated alkanes) is 2. The summed E-state index contributed by atoms with van der Waals surface area (Å²) in [6.07, 6.45) is -0.125. The van der Waals surface area contributed by atoms with E-state index in [-0.39, 0.29) is 68.3 Å². The van der Waals surface area contributed by atoms with Crippen molar-refractivity contribution < 1.29 is 97.1 Å². The number of aromatic nitrogens is 2. The number of aliphatic carboxylic acids is 2. The molecule has 0 saturated heterocycles. The highest BCUT2D eigenvalue weighted by Gasteiger charge is 2.39. The monoisotopic (exact) mass is 1490 g/mol. The quantitative estimate of drug-likeness (QED) is 0.0216. The second kappa shape index (κ2) is 46.5. The van der Waals surface area contributed by atoms with Crippen LogP contribution in [0.1, 0.15) is 118 Å². The summed E-state index contributed by atoms with van der Waals surface area (Å²) in [5.41, 5.74) is 23.3. The van der Waals surface area contributed by atoms with Crippen LogP contribution in [0.2, 0.25) is 0 Å². The maximum atomic E-state index is 14.5. The fourth-order valence-corrected chi connectivity index (χ4v) is 10.2. The summed E-state index contributed by atoms with van der Waals surface area (Å²) < 4.78 is 0. The van der Waals surface area contributed by atoms with Gasteiger partial charge in [0.2, 0.25) is 82.7 Å². The number of phenolic OH excluding ortho intramolecular Hbond substituents is 1. The van der Waals surface area contributed by atoms with Crippen LogP contribution in [0.5, 0.6) is 5.75 Å². The summed E-state index contributed by atoms with van der Waals surface area (Å²) in [5, 5.41) is 71.1. The van der Waals surface area contributed by atoms with Gasteiger partial charge in [0.1, 0.15) is 66.2 Å². The van der Waals surface area contributed by atoms with Gasteiger partial charge >= 0.3 is 11.9 Å². The predicted octanol–water partition coefficient (Wildman–Crippen LogP) is -7.21. The number of aliphatic hydroxyl groups excluding tert-OH is 1. The van der Waals surface area contributed by atoms with Gasteiger partial charge in [0.05, 0.1) is 50.9 Å². The third-order valence-corrected chi connectivity index (χ3v) is 15.9. The number of aliphatic hydroxyl groups is 1. The van der Waals surface area contributed by atoms with Gasteiger partial charge in [0.15, 0.2) is 0 Å². The van der Waals surface area contributed by atoms with E-state index < -0.39 is 212 Å². The highest BCUT2D eigenvalue weighted by atomic mass is 32.1. The second-order valence-corrected chi connectivity index (χ2v) is 26.1. The number of hydrogen-bond donors (Lipinski definition) is 23. The van der Waals surface area contributed by atoms with E-state index in [0.717, 1.165) is 6.92 Å². The molecular weight excluding hydrogens is 1390 g/mol. The number of benzene rings is 1. The molecule has 1 aromatic heterocycles. The molecular formula is C64H103N19O20S. The fraction of sp³-hybridized carbons (Fsp3) is 0.609. The number of aromatic amines is 1. The summed E-state index contributed by atoms with van der Waals surface area (Å²) in [7, 11) is 0. The molecule has 1 aromatic carbocycles. The number of nitrogens with zero attached hydrogens (tertiary/aromatic N) is 1. The van der Waals surface area contributed by atoms with Crippen LogP contribution in [0.4, 0.5) is 0 Å². The lowest BCUT2D eigenvalue weighted by Gasteiger charge is -2.30. The van der Waals surface area contributed by atoms with Crippen LogP contribution >= 0.6 is 12.6 Å². The SMILES string of the molecule is CC(C)C[C@H](N)C(=O)NCC(=O)NCC(=O)N[C@@H](CCCCN)C(=O)N[C@@H](CCCCN)C(=O)NCC(=O)N[C@@H](CC(N)=O)C(=O)N[C@@H](Cc1ccc(O)cc1)C(=O)N[C@H](C(=O)N[C@H](C(=O)N[C@H](C(=O)N[C@@H](CC(=O)O)C(=O)N[C@@H](Cc1cnc[nH]1)C(=O)N[C@@H](CS)C(=O)O)[C@@H](C)O)C(C)C)C(C)C. The molecule has 104 heavy (non-hydrogen) atoms. The summed E-state index contributed by atoms with van der Waals surface area (Å²) in [4.78, 5) is 220. The van der Waals surface area contributed by atoms with Gasteiger partial charge in [-0.3, -0.25) is 71.9 Å². The van der Waals surface area contributed by atoms with Crippen LogP contribution in [-0.2, 0) is 89.6 Å². The van der Waals surface area contributed by atoms with Crippen molar-refractivity contribution in [3.8, 4) is 5.75 Å². The standard InChI is InChI=1S/C64H103N19O20S/c1-31(2)20-38(67)54(92)71-26-47(87)70-27-48(88)74-40(13-9-11-19-66)56(94)76-39(12-8-10-18-65)55(93)72-28-49(89)75-43(23-46(68)86)58(96)77-41(21-35-14-16-37(85)17-15-35)60(98)81-51(32(3)4)61(99)82-52(33(5)6)62(100)83-53(34(7)84)63(101)79-44(24-50(90)91)59(97)78-42(22-36-25-69-30-73-36)57(95)80-45(29-104)64(102)103/h14-17,25,30-34,38-45,51-53,84-85,104H,8-13,18-24,26-29,65-67H2,1-7H3,(H2,68,86)(H,69,73)(H,70,87)(H,71,92)(H,72,93)(H,74,88)(H,75,89)(H,76,94)(H,77,96)(H,78,97)(H,79,101)(H,80,95)(H,81,98)(H,82,99)(H,83,100)(H,90,91)(H,102,103)/t34-,38+,39+,40+,41+,42+,43+,44+,45+,51+,52+,53+/m1/s1. The van der Waals surface area contributed by atoms with E-state index in [9.17, 15) is 97.1 Å². The van der Waals surface area contributed by atoms with E-state index in [1.807, 2.05) is 13.8 Å². The molecule has 0 aliphatic carbocycles. The molecule has 0 fully saturated rings. The number of nitrogens with one attached hydrogen (secondary N) is 14. The number of imidazole rings is 1. The second-order valence-electron chi connectivity index (χ2n) is 25.7. The van der Waals surface area contributed by atoms with Crippen LogP contribution < -0.4 is 92.1 Å². The molecule has 0 saturated carbocycles. The topological polar surface area (TPSA) is 643 Å². The molecule has 39 nitrogen and oxygen atoms in total. The number of hydrogen-bond acceptors (Lipinski definition) is 23. The molecule has 0 spiro atoms. The van der Waals surface area contributed by atoms with Crippen molar-refractivity contribution in [1.29, 1.82) is 0 Å². The van der Waals surface area contributed by atoms with Gasteiger partial charge in [0, 0.05) is 30.5 Å². The van der Waals surface area contributed by atoms with Gasteiger partial charge in [-0.15, -0.1) is 0 Å². The number of amides is 14. The van der Waals surface area contributed by atoms with Gasteiger partial charge < -0.3 is 117 Å². The normalized spacial score (nSPS) is 14.6. The third kappa shape index (κ3) is 33.8. The molecule has 1 heterocycles. The van der Waals surface area contributed by atoms with Crippen LogP contribution in [0, 0.1) is 17.8 Å². The first kappa shape index (κ1) is 90.0. The van der Waals surface area contributed by atoms with Crippen LogP contribution in [0.15, 0.2) is 36.8 Å². The highest BCUT2D eigenvalue weighted by molar-refractivity contribution is 7.80. The molecule has 2 aromatic rings. The largest absolute Gasteiger partial charge is 0.508 e. The minimum absolute atomic E-state index is 0.0252. The molecule has 0 unspecified atom stereocenters. The van der Waals surface area contributed by atoms with Gasteiger partial charge in [0.25, 0.3) is 0 Å². The van der Waals surface area contributed by atoms with Gasteiger partial charge in [-0.2, -0.15) is 12.6 Å². The Balaban J connectivity index is 2.37. The van der Waals surface area contributed by atoms with Crippen molar-refractivity contribution in [2.24, 2.45) is 40.7 Å². The Morgan fingerprint density at radius 1 is 0.490 bits per heavy atom. The first-order valence-electron chi connectivity index (χ1n) is 33.7. The number of carbonyl (C=O) groups excluding carboxylic acids is 14. The van der Waals surface area contributed by atoms with E-state index >= 15 is 0 Å². The molecule has 0 radical (unpaired) electrons. The smallest absolute Gasteiger partial charge is 0.327 e. The minimum atomic E-state index is -2.00. The Kier molecular flexibility index (Phi) is 40.3. The lowest BCUT2D eigenvalue weighted by atomic mass is 9.98. The van der Waals surface area contributed by atoms with Crippen molar-refractivity contribution in [2.45, 2.75) is 192 Å². The highest BCUT2D eigenvalue weighted by Crippen LogP contribution is 2.15. The molecule has 14 amide bonds. The number of phenols is 1. The van der Waals surface area contributed by atoms with Crippen LogP contribution in [-0.4, -0.2) is 236 Å². The van der Waals surface area contributed by atoms with Gasteiger partial charge in [-0.25, -0.2) is 9.78 Å². The van der Waals surface area contributed by atoms with Crippen molar-refractivity contribution in [1.82, 2.24) is 79.1 Å². The number of carbonyl (C=O) groups is 16. The van der Waals surface area contributed by atoms with Crippen molar-refractivity contribution >= 4 is 107 Å². The number of thiol groups is 1. The number of H-pyrrole nitrogens is 1. The summed E-state index contributed by atoms with van der Waals surface area (Å²) in [5.74, 6) is -19.2. The van der Waals surface area contributed by atoms with Crippen LogP contribution in [0.25, 0.3) is 0 Å². The summed E-state index contributed by atoms with van der Waals surface area (Å²) in [6, 6.07) is -11.9. The number of rotatable bonds is 49. The first-order chi connectivity index (χ1) is 48.9. The summed E-state index contributed by atoms with van der Waals surface area (Å²) in [6.45, 7) is 9.22. The lowest BCUT2D eigenvalue weighted by molar-refractivity contribution is -0.143. The van der Waals surface area contributed by atoms with E-state index in [2.05, 4.69) is 91.7 Å². The van der Waals surface area contributed by atoms with E-state index in [1.54, 1.807) is 0 Å². The Hall–Kier alpha value is -10.1.